The van der Waals surface area contributed by atoms with Crippen LogP contribution >= 0.6 is 54.1 Å². The number of hydrogen-bond acceptors (Lipinski definition) is 14. The van der Waals surface area contributed by atoms with E-state index in [1.807, 2.05) is 0 Å². The summed E-state index contributed by atoms with van der Waals surface area (Å²) >= 11 is 8.52. The molecule has 23 heavy (non-hydrogen) atoms. The van der Waals surface area contributed by atoms with Crippen molar-refractivity contribution in [2.75, 3.05) is 0 Å². The SMILES string of the molecule is O=P([O-])([O-])C(O)P(=O)([O-])OCl.O=P([O-])([O-])C(O)P(=O)([O-])OCl.[Mo]. The van der Waals surface area contributed by atoms with Crippen molar-refractivity contribution in [2.45, 2.75) is 11.2 Å². The van der Waals surface area contributed by atoms with Gasteiger partial charge in [-0.2, -0.15) is 0 Å². The summed E-state index contributed by atoms with van der Waals surface area (Å²) in [6.45, 7) is 0. The molecule has 0 aliphatic rings. The van der Waals surface area contributed by atoms with Crippen LogP contribution in [0.1, 0.15) is 0 Å². The Balaban J connectivity index is -0.000000333. The second kappa shape index (κ2) is 10.8. The molecule has 4 unspecified atom stereocenters. The van der Waals surface area contributed by atoms with Gasteiger partial charge in [0.05, 0.1) is 23.7 Å². The molecule has 0 aromatic heterocycles. The Hall–Kier alpha value is 1.79. The summed E-state index contributed by atoms with van der Waals surface area (Å²) in [6.07, 6.45) is 0. The summed E-state index contributed by atoms with van der Waals surface area (Å²) in [6, 6.07) is 0. The van der Waals surface area contributed by atoms with E-state index in [2.05, 4.69) is 31.9 Å². The van der Waals surface area contributed by atoms with Crippen LogP contribution in [0.25, 0.3) is 0 Å². The smallest absolute Gasteiger partial charge is 0.189 e. The summed E-state index contributed by atoms with van der Waals surface area (Å²) in [7, 11) is -21.7. The van der Waals surface area contributed by atoms with Gasteiger partial charge in [0.15, 0.2) is 15.2 Å². The quantitative estimate of drug-likeness (QED) is 0.238. The van der Waals surface area contributed by atoms with Crippen LogP contribution in [-0.4, -0.2) is 21.4 Å². The van der Waals surface area contributed by atoms with Crippen molar-refractivity contribution in [2.24, 2.45) is 0 Å². The topological polar surface area (TPSA) is 266 Å². The van der Waals surface area contributed by atoms with Crippen LogP contribution in [0.3, 0.4) is 0 Å². The van der Waals surface area contributed by atoms with Gasteiger partial charge < -0.3 is 57.8 Å². The van der Waals surface area contributed by atoms with Crippen molar-refractivity contribution in [1.29, 1.82) is 0 Å². The molecule has 2 N–H and O–H groups in total. The van der Waals surface area contributed by atoms with E-state index in [4.69, 9.17) is 10.2 Å². The molecule has 14 nitrogen and oxygen atoms in total. The molecule has 0 aliphatic carbocycles. The van der Waals surface area contributed by atoms with E-state index in [1.54, 1.807) is 0 Å². The molecule has 0 bridgehead atoms. The second-order valence-electron chi connectivity index (χ2n) is 2.99. The van der Waals surface area contributed by atoms with Crippen LogP contribution in [-0.2, 0) is 47.5 Å². The molecule has 0 heterocycles. The maximum absolute atomic E-state index is 10.2. The second-order valence-corrected chi connectivity index (χ2v) is 11.2. The monoisotopic (exact) mass is 544 g/mol. The van der Waals surface area contributed by atoms with Crippen molar-refractivity contribution in [3.63, 3.8) is 0 Å². The van der Waals surface area contributed by atoms with Gasteiger partial charge in [-0.05, 0) is 15.2 Å². The first-order valence-corrected chi connectivity index (χ1v) is 11.1. The predicted molar refractivity (Wildman–Crippen MR) is 56.3 cm³/mol. The molecule has 0 saturated carbocycles. The maximum Gasteiger partial charge on any atom is 0.189 e. The third kappa shape index (κ3) is 11.2. The van der Waals surface area contributed by atoms with E-state index in [-0.39, 0.29) is 21.1 Å². The molecule has 142 valence electrons. The molecule has 0 aromatic rings. The van der Waals surface area contributed by atoms with Crippen LogP contribution in [0, 0.1) is 0 Å². The van der Waals surface area contributed by atoms with Gasteiger partial charge in [0.25, 0.3) is 0 Å². The molecule has 21 heteroatoms. The molecule has 0 amide bonds. The first-order chi connectivity index (χ1) is 9.43. The summed E-state index contributed by atoms with van der Waals surface area (Å²) in [5.41, 5.74) is -6.26. The van der Waals surface area contributed by atoms with Gasteiger partial charge in [-0.1, -0.05) is 0 Å². The van der Waals surface area contributed by atoms with E-state index in [0.29, 0.717) is 0 Å². The Kier molecular flexibility index (Phi) is 13.9. The first kappa shape index (κ1) is 29.5. The number of aliphatic hydroxyl groups excluding tert-OH is 2. The average Bonchev–Trinajstić information content (AvgIpc) is 2.35. The normalized spacial score (nSPS) is 19.9. The maximum atomic E-state index is 10.2. The molecular weight excluding hydrogens is 539 g/mol. The molecule has 0 spiro atoms. The van der Waals surface area contributed by atoms with Gasteiger partial charge in [-0.25, -0.2) is 8.15 Å². The third-order valence-electron chi connectivity index (χ3n) is 1.32. The summed E-state index contributed by atoms with van der Waals surface area (Å²) in [5, 5.41) is 16.5. The first-order valence-electron chi connectivity index (χ1n) is 4.05. The largest absolute Gasteiger partial charge is 0.809 e. The fraction of sp³-hybridized carbons (Fsp3) is 1.00. The Bertz CT molecular complexity index is 491. The molecule has 0 aromatic carbocycles. The molecule has 0 saturated heterocycles. The van der Waals surface area contributed by atoms with Gasteiger partial charge >= 0.3 is 0 Å². The van der Waals surface area contributed by atoms with Crippen molar-refractivity contribution < 1.29 is 87.1 Å². The zero-order chi connectivity index (χ0) is 18.6. The van der Waals surface area contributed by atoms with Crippen molar-refractivity contribution in [3.05, 3.63) is 0 Å². The van der Waals surface area contributed by atoms with Gasteiger partial charge in [-0.3, -0.25) is 0 Å². The van der Waals surface area contributed by atoms with E-state index in [0.717, 1.165) is 0 Å². The number of rotatable bonds is 6. The van der Waals surface area contributed by atoms with Gasteiger partial charge in [-0.15, -0.1) is 0 Å². The molecule has 4 atom stereocenters. The third-order valence-corrected chi connectivity index (χ3v) is 8.52. The van der Waals surface area contributed by atoms with Crippen LogP contribution < -0.4 is 29.4 Å². The average molecular weight is 543 g/mol. The zero-order valence-electron chi connectivity index (χ0n) is 9.90. The van der Waals surface area contributed by atoms with Crippen molar-refractivity contribution in [3.8, 4) is 0 Å². The Morgan fingerprint density at radius 1 is 0.696 bits per heavy atom. The number of halogens is 2. The molecular formula is C2H4Cl2MoO14P4-6. The van der Waals surface area contributed by atoms with E-state index < -0.39 is 41.6 Å². The summed E-state index contributed by atoms with van der Waals surface area (Å²) < 4.78 is 46.2. The van der Waals surface area contributed by atoms with Crippen molar-refractivity contribution >= 4 is 54.1 Å². The minimum absolute atomic E-state index is 0. The Labute approximate surface area is 152 Å². The minimum Gasteiger partial charge on any atom is -0.809 e. The van der Waals surface area contributed by atoms with Gasteiger partial charge in [0.1, 0.15) is 11.2 Å². The minimum atomic E-state index is -5.62. The fourth-order valence-corrected chi connectivity index (χ4v) is 4.40. The number of hydrogen-bond donors (Lipinski definition) is 2. The van der Waals surface area contributed by atoms with Crippen LogP contribution in [0.15, 0.2) is 0 Å². The van der Waals surface area contributed by atoms with Crippen LogP contribution in [0.4, 0.5) is 0 Å². The van der Waals surface area contributed by atoms with Crippen LogP contribution in [0.2, 0.25) is 0 Å². The molecule has 0 rings (SSSR count). The van der Waals surface area contributed by atoms with Crippen molar-refractivity contribution in [1.82, 2.24) is 0 Å². The fourth-order valence-electron chi connectivity index (χ4n) is 0.418. The van der Waals surface area contributed by atoms with E-state index in [9.17, 15) is 47.6 Å². The molecule has 0 fully saturated rings. The van der Waals surface area contributed by atoms with Gasteiger partial charge in [0, 0.05) is 21.1 Å². The zero-order valence-corrected chi connectivity index (χ0v) is 17.0. The molecule has 0 aliphatic heterocycles. The number of aliphatic hydroxyl groups is 2. The standard InChI is InChI=1S/2CH5ClO7P2.Mo/c2*2-9-11(7,8)1(3)10(4,5)6;/h2*1,3H,(H,7,8)(H2,4,5,6);/p-6. The Morgan fingerprint density at radius 3 is 0.913 bits per heavy atom. The summed E-state index contributed by atoms with van der Waals surface area (Å²) in [4.78, 5) is 59.8. The van der Waals surface area contributed by atoms with Crippen LogP contribution in [0.5, 0.6) is 0 Å². The van der Waals surface area contributed by atoms with E-state index >= 15 is 0 Å². The Morgan fingerprint density at radius 2 is 0.870 bits per heavy atom. The van der Waals surface area contributed by atoms with Gasteiger partial charge in [0.2, 0.25) is 0 Å². The van der Waals surface area contributed by atoms with E-state index in [1.165, 1.54) is 0 Å². The molecule has 0 radical (unpaired) electrons. The predicted octanol–water partition coefficient (Wildman–Crippen LogP) is -4.20. The summed E-state index contributed by atoms with van der Waals surface area (Å²) in [5.74, 6) is 0.